The van der Waals surface area contributed by atoms with E-state index in [0.717, 1.165) is 0 Å². The van der Waals surface area contributed by atoms with Gasteiger partial charge in [-0.2, -0.15) is 10.4 Å². The smallest absolute Gasteiger partial charge is 0.398 e. The van der Waals surface area contributed by atoms with Gasteiger partial charge in [0, 0.05) is 6.07 Å². The number of nitrogens with zero attached hydrogens (tertiary/aromatic N) is 1. The highest BCUT2D eigenvalue weighted by Gasteiger charge is 2.08. The van der Waals surface area contributed by atoms with Crippen LogP contribution in [0.5, 0.6) is 5.75 Å². The first-order valence-corrected chi connectivity index (χ1v) is 5.54. The quantitative estimate of drug-likeness (QED) is 0.284. The van der Waals surface area contributed by atoms with Gasteiger partial charge in [-0.3, -0.25) is 10.3 Å². The third-order valence-electron chi connectivity index (χ3n) is 1.50. The lowest BCUT2D eigenvalue weighted by Gasteiger charge is -2.03. The van der Waals surface area contributed by atoms with Crippen LogP contribution in [0.15, 0.2) is 29.4 Å². The summed E-state index contributed by atoms with van der Waals surface area (Å²) in [5.41, 5.74) is 3.25. The summed E-state index contributed by atoms with van der Waals surface area (Å²) in [5, 5.41) is 11.8. The maximum Gasteiger partial charge on any atom is 0.398 e. The van der Waals surface area contributed by atoms with Gasteiger partial charge in [-0.15, -0.1) is 0 Å². The van der Waals surface area contributed by atoms with Crippen molar-refractivity contribution in [2.24, 2.45) is 5.10 Å². The largest absolute Gasteiger partial charge is 0.480 e. The molecule has 1 rings (SSSR count). The fourth-order valence-corrected chi connectivity index (χ4v) is 1.20. The second-order valence-electron chi connectivity index (χ2n) is 2.54. The molecule has 6 nitrogen and oxygen atoms in total. The Morgan fingerprint density at radius 2 is 2.31 bits per heavy atom. The number of hydrazone groups is 1. The van der Waals surface area contributed by atoms with Gasteiger partial charge in [-0.1, -0.05) is 6.07 Å². The Kier molecular flexibility index (Phi) is 5.44. The van der Waals surface area contributed by atoms with Crippen LogP contribution in [0.1, 0.15) is 0 Å². The van der Waals surface area contributed by atoms with E-state index in [2.05, 4.69) is 24.9 Å². The van der Waals surface area contributed by atoms with Crippen molar-refractivity contribution < 1.29 is 19.5 Å². The minimum Gasteiger partial charge on any atom is -0.480 e. The monoisotopic (exact) mass is 354 g/mol. The van der Waals surface area contributed by atoms with Crippen LogP contribution in [-0.4, -0.2) is 14.9 Å². The lowest BCUT2D eigenvalue weighted by atomic mass is 10.3. The zero-order valence-electron chi connectivity index (χ0n) is 7.88. The molecule has 0 heterocycles. The van der Waals surface area contributed by atoms with Crippen LogP contribution in [-0.2, 0) is 9.68 Å². The van der Waals surface area contributed by atoms with E-state index in [9.17, 15) is 4.79 Å². The Balaban J connectivity index is 2.70. The van der Waals surface area contributed by atoms with Gasteiger partial charge in [0.1, 0.15) is 5.75 Å². The summed E-state index contributed by atoms with van der Waals surface area (Å²) in [5.74, 6) is -0.295. The zero-order chi connectivity index (χ0) is 12.0. The van der Waals surface area contributed by atoms with Crippen molar-refractivity contribution in [3.05, 3.63) is 24.3 Å². The maximum absolute atomic E-state index is 10.8. The Bertz CT molecular complexity index is 413. The zero-order valence-corrected chi connectivity index (χ0v) is 11.2. The molecule has 1 aromatic rings. The standard InChI is InChI=1S/C8H8IN2O4P/c9-7(8(12)14-13)11-10-5-2-1-3-6(4-5)15-16/h1-4,10,13H,16H2/b11-7-. The fourth-order valence-electron chi connectivity index (χ4n) is 0.836. The molecule has 0 saturated heterocycles. The van der Waals surface area contributed by atoms with Gasteiger partial charge in [-0.25, -0.2) is 4.79 Å². The molecule has 0 aliphatic rings. The second kappa shape index (κ2) is 6.62. The van der Waals surface area contributed by atoms with E-state index >= 15 is 0 Å². The van der Waals surface area contributed by atoms with Crippen LogP contribution < -0.4 is 9.95 Å². The average Bonchev–Trinajstić information content (AvgIpc) is 2.35. The lowest BCUT2D eigenvalue weighted by Crippen LogP contribution is -2.10. The SMILES string of the molecule is O=C(OO)/C(I)=N/Nc1cccc(OP)c1. The normalized spacial score (nSPS) is 10.8. The van der Waals surface area contributed by atoms with Crippen LogP contribution >= 0.6 is 32.1 Å². The van der Waals surface area contributed by atoms with Crippen molar-refractivity contribution in [1.29, 1.82) is 0 Å². The van der Waals surface area contributed by atoms with Crippen molar-refractivity contribution in [1.82, 2.24) is 0 Å². The molecule has 1 atom stereocenters. The minimum atomic E-state index is -0.924. The van der Waals surface area contributed by atoms with E-state index < -0.39 is 5.97 Å². The molecular formula is C8H8IN2O4P. The Labute approximate surface area is 107 Å². The summed E-state index contributed by atoms with van der Waals surface area (Å²) in [6, 6.07) is 6.94. The van der Waals surface area contributed by atoms with E-state index in [0.29, 0.717) is 11.4 Å². The topological polar surface area (TPSA) is 80.2 Å². The number of anilines is 1. The molecule has 0 amide bonds. The first-order valence-electron chi connectivity index (χ1n) is 3.99. The molecule has 2 N–H and O–H groups in total. The molecule has 0 fully saturated rings. The maximum atomic E-state index is 10.8. The molecule has 0 aliphatic heterocycles. The Hall–Kier alpha value is -0.920. The van der Waals surface area contributed by atoms with Crippen molar-refractivity contribution in [2.75, 3.05) is 5.43 Å². The van der Waals surface area contributed by atoms with E-state index in [1.165, 1.54) is 0 Å². The highest BCUT2D eigenvalue weighted by atomic mass is 127. The third kappa shape index (κ3) is 3.92. The lowest BCUT2D eigenvalue weighted by molar-refractivity contribution is -0.225. The van der Waals surface area contributed by atoms with Gasteiger partial charge in [0.05, 0.1) is 15.2 Å². The summed E-state index contributed by atoms with van der Waals surface area (Å²) in [6.45, 7) is 0. The molecule has 8 heteroatoms. The summed E-state index contributed by atoms with van der Waals surface area (Å²) >= 11 is 1.63. The minimum absolute atomic E-state index is 0.0303. The summed E-state index contributed by atoms with van der Waals surface area (Å²) in [7, 11) is 2.12. The second-order valence-corrected chi connectivity index (χ2v) is 3.80. The van der Waals surface area contributed by atoms with Gasteiger partial charge in [0.15, 0.2) is 0 Å². The molecule has 1 unspecified atom stereocenters. The predicted octanol–water partition coefficient (Wildman–Crippen LogP) is 2.03. The highest BCUT2D eigenvalue weighted by molar-refractivity contribution is 14.1. The summed E-state index contributed by atoms with van der Waals surface area (Å²) in [4.78, 5) is 14.3. The number of carbonyl (C=O) groups is 1. The number of carbonyl (C=O) groups excluding carboxylic acids is 1. The third-order valence-corrected chi connectivity index (χ3v) is 2.46. The van der Waals surface area contributed by atoms with Crippen LogP contribution in [0.4, 0.5) is 5.69 Å². The molecule has 0 bridgehead atoms. The Morgan fingerprint density at radius 1 is 1.56 bits per heavy atom. The molecule has 16 heavy (non-hydrogen) atoms. The van der Waals surface area contributed by atoms with E-state index in [1.54, 1.807) is 46.9 Å². The van der Waals surface area contributed by atoms with Crippen LogP contribution in [0.2, 0.25) is 0 Å². The van der Waals surface area contributed by atoms with Crippen molar-refractivity contribution in [2.45, 2.75) is 0 Å². The number of nitrogens with one attached hydrogen (secondary N) is 1. The highest BCUT2D eigenvalue weighted by Crippen LogP contribution is 2.18. The molecule has 0 spiro atoms. The number of hydrogen-bond donors (Lipinski definition) is 2. The number of halogens is 1. The van der Waals surface area contributed by atoms with Crippen LogP contribution in [0.3, 0.4) is 0 Å². The molecule has 0 aromatic heterocycles. The molecular weight excluding hydrogens is 346 g/mol. The summed E-state index contributed by atoms with van der Waals surface area (Å²) < 4.78 is 4.89. The molecule has 1 aromatic carbocycles. The van der Waals surface area contributed by atoms with Crippen molar-refractivity contribution >= 4 is 47.4 Å². The van der Waals surface area contributed by atoms with Gasteiger partial charge < -0.3 is 4.52 Å². The van der Waals surface area contributed by atoms with Crippen molar-refractivity contribution in [3.8, 4) is 5.75 Å². The predicted molar refractivity (Wildman–Crippen MR) is 70.6 cm³/mol. The van der Waals surface area contributed by atoms with E-state index in [4.69, 9.17) is 9.78 Å². The molecule has 86 valence electrons. The molecule has 0 aliphatic carbocycles. The van der Waals surface area contributed by atoms with E-state index in [-0.39, 0.29) is 3.72 Å². The Morgan fingerprint density at radius 3 is 2.94 bits per heavy atom. The van der Waals surface area contributed by atoms with Crippen LogP contribution in [0, 0.1) is 0 Å². The van der Waals surface area contributed by atoms with Crippen molar-refractivity contribution in [3.63, 3.8) is 0 Å². The van der Waals surface area contributed by atoms with Gasteiger partial charge in [0.2, 0.25) is 3.72 Å². The fraction of sp³-hybridized carbons (Fsp3) is 0. The van der Waals surface area contributed by atoms with Crippen LogP contribution in [0.25, 0.3) is 0 Å². The van der Waals surface area contributed by atoms with Gasteiger partial charge >= 0.3 is 5.97 Å². The first-order chi connectivity index (χ1) is 7.67. The summed E-state index contributed by atoms with van der Waals surface area (Å²) in [6.07, 6.45) is 0. The van der Waals surface area contributed by atoms with Gasteiger partial charge in [-0.05, 0) is 34.7 Å². The number of benzene rings is 1. The molecule has 0 saturated carbocycles. The first kappa shape index (κ1) is 13.1. The number of hydrogen-bond acceptors (Lipinski definition) is 6. The van der Waals surface area contributed by atoms with Gasteiger partial charge in [0.25, 0.3) is 0 Å². The average molecular weight is 354 g/mol. The molecule has 0 radical (unpaired) electrons. The van der Waals surface area contributed by atoms with E-state index in [1.807, 2.05) is 0 Å². The number of rotatable bonds is 4.